The van der Waals surface area contributed by atoms with Gasteiger partial charge >= 0.3 is 0 Å². The maximum atomic E-state index is 11.2. The molecule has 0 bridgehead atoms. The lowest BCUT2D eigenvalue weighted by molar-refractivity contribution is -0.0375. The van der Waals surface area contributed by atoms with E-state index >= 15 is 0 Å². The number of amides is 1. The molecule has 64 valence electrons. The summed E-state index contributed by atoms with van der Waals surface area (Å²) in [7, 11) is 1.31. The summed E-state index contributed by atoms with van der Waals surface area (Å²) < 4.78 is 0.973. The average molecular weight is 277 g/mol. The minimum Gasteiger partial charge on any atom is -0.286 e. The van der Waals surface area contributed by atoms with Crippen LogP contribution in [-0.2, 0) is 0 Å². The van der Waals surface area contributed by atoms with Gasteiger partial charge in [0.25, 0.3) is 5.91 Å². The van der Waals surface area contributed by atoms with Crippen molar-refractivity contribution in [1.29, 1.82) is 0 Å². The second-order valence-corrected chi connectivity index (χ2v) is 3.58. The lowest BCUT2D eigenvalue weighted by Crippen LogP contribution is -2.22. The van der Waals surface area contributed by atoms with Crippen molar-refractivity contribution in [3.05, 3.63) is 33.4 Å². The molecule has 0 radical (unpaired) electrons. The highest BCUT2D eigenvalue weighted by Gasteiger charge is 2.08. The van der Waals surface area contributed by atoms with Crippen LogP contribution in [0.15, 0.2) is 24.3 Å². The molecule has 3 nitrogen and oxygen atoms in total. The normalized spacial score (nSPS) is 9.58. The SMILES string of the molecule is CN(O)C(=O)c1cccc(I)c1. The molecule has 1 aromatic carbocycles. The summed E-state index contributed by atoms with van der Waals surface area (Å²) in [4.78, 5) is 11.2. The van der Waals surface area contributed by atoms with E-state index in [0.29, 0.717) is 10.6 Å². The number of benzene rings is 1. The molecule has 0 saturated heterocycles. The predicted octanol–water partition coefficient (Wildman–Crippen LogP) is 1.75. The van der Waals surface area contributed by atoms with E-state index < -0.39 is 5.91 Å². The Bertz CT molecular complexity index is 299. The first-order valence-corrected chi connectivity index (χ1v) is 4.41. The number of hydrogen-bond donors (Lipinski definition) is 1. The lowest BCUT2D eigenvalue weighted by Gasteiger charge is -2.07. The van der Waals surface area contributed by atoms with E-state index in [1.165, 1.54) is 7.05 Å². The van der Waals surface area contributed by atoms with Gasteiger partial charge < -0.3 is 0 Å². The summed E-state index contributed by atoms with van der Waals surface area (Å²) in [5.41, 5.74) is 0.493. The molecule has 0 aliphatic heterocycles. The van der Waals surface area contributed by atoms with Crippen LogP contribution in [0.3, 0.4) is 0 Å². The minimum atomic E-state index is -0.395. The van der Waals surface area contributed by atoms with E-state index in [1.807, 2.05) is 6.07 Å². The molecule has 1 N–H and O–H groups in total. The Kier molecular flexibility index (Phi) is 3.05. The maximum Gasteiger partial charge on any atom is 0.276 e. The van der Waals surface area contributed by atoms with Crippen LogP contribution < -0.4 is 0 Å². The van der Waals surface area contributed by atoms with Gasteiger partial charge in [-0.15, -0.1) is 0 Å². The third-order valence-corrected chi connectivity index (χ3v) is 2.04. The van der Waals surface area contributed by atoms with Gasteiger partial charge in [-0.25, -0.2) is 5.06 Å². The van der Waals surface area contributed by atoms with E-state index in [9.17, 15) is 4.79 Å². The van der Waals surface area contributed by atoms with Crippen LogP contribution in [0.5, 0.6) is 0 Å². The highest BCUT2D eigenvalue weighted by atomic mass is 127. The molecule has 0 atom stereocenters. The molecule has 12 heavy (non-hydrogen) atoms. The monoisotopic (exact) mass is 277 g/mol. The first kappa shape index (κ1) is 9.47. The molecule has 0 aliphatic carbocycles. The van der Waals surface area contributed by atoms with E-state index in [-0.39, 0.29) is 0 Å². The van der Waals surface area contributed by atoms with Gasteiger partial charge in [0.15, 0.2) is 0 Å². The van der Waals surface area contributed by atoms with Gasteiger partial charge in [-0.05, 0) is 40.8 Å². The van der Waals surface area contributed by atoms with Crippen molar-refractivity contribution in [1.82, 2.24) is 5.06 Å². The largest absolute Gasteiger partial charge is 0.286 e. The van der Waals surface area contributed by atoms with E-state index in [2.05, 4.69) is 22.6 Å². The van der Waals surface area contributed by atoms with Crippen LogP contribution >= 0.6 is 22.6 Å². The summed E-state index contributed by atoms with van der Waals surface area (Å²) in [6.45, 7) is 0. The summed E-state index contributed by atoms with van der Waals surface area (Å²) in [6, 6.07) is 7.04. The van der Waals surface area contributed by atoms with Crippen LogP contribution in [0.2, 0.25) is 0 Å². The topological polar surface area (TPSA) is 40.5 Å². The summed E-state index contributed by atoms with van der Waals surface area (Å²) in [5, 5.41) is 9.42. The van der Waals surface area contributed by atoms with Gasteiger partial charge in [-0.3, -0.25) is 10.0 Å². The van der Waals surface area contributed by atoms with Crippen LogP contribution in [0.25, 0.3) is 0 Å². The number of hydrogen-bond acceptors (Lipinski definition) is 2. The fourth-order valence-electron chi connectivity index (χ4n) is 0.808. The Balaban J connectivity index is 2.96. The van der Waals surface area contributed by atoms with Crippen molar-refractivity contribution in [3.8, 4) is 0 Å². The van der Waals surface area contributed by atoms with Gasteiger partial charge in [-0.2, -0.15) is 0 Å². The van der Waals surface area contributed by atoms with Gasteiger partial charge in [0, 0.05) is 16.2 Å². The molecule has 4 heteroatoms. The van der Waals surface area contributed by atoms with Crippen LogP contribution in [-0.4, -0.2) is 23.2 Å². The van der Waals surface area contributed by atoms with Crippen molar-refractivity contribution in [2.24, 2.45) is 0 Å². The number of nitrogens with zero attached hydrogens (tertiary/aromatic N) is 1. The molecule has 0 saturated carbocycles. The molecule has 0 spiro atoms. The lowest BCUT2D eigenvalue weighted by atomic mass is 10.2. The summed E-state index contributed by atoms with van der Waals surface area (Å²) in [6.07, 6.45) is 0. The molecule has 0 unspecified atom stereocenters. The zero-order valence-electron chi connectivity index (χ0n) is 6.49. The van der Waals surface area contributed by atoms with E-state index in [4.69, 9.17) is 5.21 Å². The van der Waals surface area contributed by atoms with Gasteiger partial charge in [-0.1, -0.05) is 6.07 Å². The van der Waals surface area contributed by atoms with Crippen molar-refractivity contribution in [3.63, 3.8) is 0 Å². The fourth-order valence-corrected chi connectivity index (χ4v) is 1.35. The zero-order valence-corrected chi connectivity index (χ0v) is 8.65. The van der Waals surface area contributed by atoms with E-state index in [0.717, 1.165) is 3.57 Å². The number of rotatable bonds is 1. The second kappa shape index (κ2) is 3.86. The number of hydroxylamine groups is 2. The van der Waals surface area contributed by atoms with Crippen LogP contribution in [0, 0.1) is 3.57 Å². The first-order valence-electron chi connectivity index (χ1n) is 3.34. The number of carbonyl (C=O) groups is 1. The Hall–Kier alpha value is -0.620. The highest BCUT2D eigenvalue weighted by molar-refractivity contribution is 14.1. The van der Waals surface area contributed by atoms with Gasteiger partial charge in [0.05, 0.1) is 0 Å². The Morgan fingerprint density at radius 1 is 1.58 bits per heavy atom. The molecular formula is C8H8INO2. The summed E-state index contributed by atoms with van der Waals surface area (Å²) >= 11 is 2.11. The van der Waals surface area contributed by atoms with Gasteiger partial charge in [0.1, 0.15) is 0 Å². The molecule has 0 heterocycles. The summed E-state index contributed by atoms with van der Waals surface area (Å²) in [5.74, 6) is -0.395. The quantitative estimate of drug-likeness (QED) is 0.482. The Morgan fingerprint density at radius 3 is 2.75 bits per heavy atom. The van der Waals surface area contributed by atoms with E-state index in [1.54, 1.807) is 18.2 Å². The second-order valence-electron chi connectivity index (χ2n) is 2.34. The molecule has 1 rings (SSSR count). The van der Waals surface area contributed by atoms with Crippen molar-refractivity contribution < 1.29 is 10.0 Å². The zero-order chi connectivity index (χ0) is 9.14. The van der Waals surface area contributed by atoms with Gasteiger partial charge in [0.2, 0.25) is 0 Å². The third-order valence-electron chi connectivity index (χ3n) is 1.37. The molecular weight excluding hydrogens is 269 g/mol. The molecule has 1 amide bonds. The molecule has 1 aromatic rings. The Morgan fingerprint density at radius 2 is 2.25 bits per heavy atom. The Labute approximate surface area is 84.1 Å². The van der Waals surface area contributed by atoms with Crippen molar-refractivity contribution in [2.75, 3.05) is 7.05 Å². The molecule has 0 aromatic heterocycles. The number of carbonyl (C=O) groups excluding carboxylic acids is 1. The molecule has 0 fully saturated rings. The highest BCUT2D eigenvalue weighted by Crippen LogP contribution is 2.08. The number of halogens is 1. The standard InChI is InChI=1S/C8H8INO2/c1-10(12)8(11)6-3-2-4-7(9)5-6/h2-5,12H,1H3. The third kappa shape index (κ3) is 2.18. The first-order chi connectivity index (χ1) is 5.61. The van der Waals surface area contributed by atoms with Crippen LogP contribution in [0.1, 0.15) is 10.4 Å². The molecule has 0 aliphatic rings. The maximum absolute atomic E-state index is 11.2. The fraction of sp³-hybridized carbons (Fsp3) is 0.125. The average Bonchev–Trinajstić information content (AvgIpc) is 2.03. The van der Waals surface area contributed by atoms with Crippen LogP contribution in [0.4, 0.5) is 0 Å². The predicted molar refractivity (Wildman–Crippen MR) is 53.0 cm³/mol. The van der Waals surface area contributed by atoms with Crippen molar-refractivity contribution >= 4 is 28.5 Å². The minimum absolute atomic E-state index is 0.395. The van der Waals surface area contributed by atoms with Crippen molar-refractivity contribution in [2.45, 2.75) is 0 Å². The smallest absolute Gasteiger partial charge is 0.276 e.